The molecule has 0 aliphatic carbocycles. The van der Waals surface area contributed by atoms with Crippen LogP contribution in [-0.2, 0) is 27.1 Å². The summed E-state index contributed by atoms with van der Waals surface area (Å²) < 4.78 is 49.3. The van der Waals surface area contributed by atoms with Crippen molar-refractivity contribution in [3.05, 3.63) is 93.0 Å². The van der Waals surface area contributed by atoms with Gasteiger partial charge in [0, 0.05) is 18.6 Å². The fourth-order valence-electron chi connectivity index (χ4n) is 2.93. The predicted octanol–water partition coefficient (Wildman–Crippen LogP) is 6.52. The van der Waals surface area contributed by atoms with E-state index < -0.39 is 28.5 Å². The van der Waals surface area contributed by atoms with Crippen LogP contribution < -0.4 is 10.1 Å². The van der Waals surface area contributed by atoms with Crippen molar-refractivity contribution in [1.82, 2.24) is 0 Å². The molecule has 188 valence electrons. The molecule has 0 radical (unpaired) electrons. The van der Waals surface area contributed by atoms with Crippen molar-refractivity contribution in [3.63, 3.8) is 0 Å². The van der Waals surface area contributed by atoms with E-state index >= 15 is 0 Å². The van der Waals surface area contributed by atoms with Crippen LogP contribution in [0.15, 0.2) is 66.7 Å². The molecule has 0 aliphatic heterocycles. The molecular formula is C24H18ClF3N2O6. The fraction of sp³-hybridized carbons (Fsp3) is 0.167. The molecule has 36 heavy (non-hydrogen) atoms. The Labute approximate surface area is 207 Å². The highest BCUT2D eigenvalue weighted by atomic mass is 35.5. The maximum Gasteiger partial charge on any atom is 0.416 e. The van der Waals surface area contributed by atoms with E-state index in [1.54, 1.807) is 24.3 Å². The molecule has 8 nitrogen and oxygen atoms in total. The van der Waals surface area contributed by atoms with Gasteiger partial charge in [0.1, 0.15) is 18.1 Å². The number of hydrogen-bond donors (Lipinski definition) is 1. The van der Waals surface area contributed by atoms with Gasteiger partial charge in [-0.3, -0.25) is 19.7 Å². The molecule has 0 aromatic heterocycles. The first-order valence-corrected chi connectivity index (χ1v) is 10.7. The van der Waals surface area contributed by atoms with Crippen LogP contribution in [0.5, 0.6) is 11.5 Å². The number of carbonyl (C=O) groups is 2. The number of nitrogens with one attached hydrogen (secondary N) is 1. The zero-order valence-corrected chi connectivity index (χ0v) is 19.1. The second-order valence-corrected chi connectivity index (χ2v) is 7.81. The van der Waals surface area contributed by atoms with Gasteiger partial charge in [0.05, 0.1) is 27.6 Å². The smallest absolute Gasteiger partial charge is 0.416 e. The van der Waals surface area contributed by atoms with Crippen LogP contribution in [0, 0.1) is 10.1 Å². The molecule has 0 heterocycles. The van der Waals surface area contributed by atoms with Gasteiger partial charge >= 0.3 is 12.1 Å². The van der Waals surface area contributed by atoms with Crippen molar-refractivity contribution in [1.29, 1.82) is 0 Å². The average molecular weight is 523 g/mol. The zero-order valence-electron chi connectivity index (χ0n) is 18.4. The molecule has 0 unspecified atom stereocenters. The minimum Gasteiger partial charge on any atom is -0.461 e. The lowest BCUT2D eigenvalue weighted by Crippen LogP contribution is -2.15. The summed E-state index contributed by atoms with van der Waals surface area (Å²) in [6.07, 6.45) is -5.23. The Morgan fingerprint density at radius 3 is 2.36 bits per heavy atom. The number of rotatable bonds is 9. The van der Waals surface area contributed by atoms with E-state index in [0.29, 0.717) is 23.1 Å². The van der Waals surface area contributed by atoms with Gasteiger partial charge < -0.3 is 14.8 Å². The van der Waals surface area contributed by atoms with Crippen LogP contribution in [0.2, 0.25) is 5.02 Å². The van der Waals surface area contributed by atoms with Gasteiger partial charge in [0.2, 0.25) is 5.91 Å². The molecule has 3 aromatic carbocycles. The summed E-state index contributed by atoms with van der Waals surface area (Å²) in [4.78, 5) is 34.3. The molecule has 1 N–H and O–H groups in total. The lowest BCUT2D eigenvalue weighted by atomic mass is 10.2. The number of benzene rings is 3. The van der Waals surface area contributed by atoms with Gasteiger partial charge in [-0.15, -0.1) is 0 Å². The Kier molecular flexibility index (Phi) is 8.49. The van der Waals surface area contributed by atoms with Crippen LogP contribution >= 0.6 is 11.6 Å². The molecule has 3 aromatic rings. The number of anilines is 1. The molecule has 0 atom stereocenters. The van der Waals surface area contributed by atoms with E-state index in [0.717, 1.165) is 12.1 Å². The number of alkyl halides is 3. The Hall–Kier alpha value is -4.12. The van der Waals surface area contributed by atoms with Gasteiger partial charge in [0.15, 0.2) is 0 Å². The third-order valence-electron chi connectivity index (χ3n) is 4.71. The number of nitro groups is 1. The van der Waals surface area contributed by atoms with Crippen molar-refractivity contribution in [2.24, 2.45) is 0 Å². The number of nitrogens with zero attached hydrogens (tertiary/aromatic N) is 1. The van der Waals surface area contributed by atoms with Gasteiger partial charge in [-0.05, 0) is 48.0 Å². The molecule has 0 aliphatic rings. The van der Waals surface area contributed by atoms with Crippen molar-refractivity contribution in [2.75, 3.05) is 5.32 Å². The highest BCUT2D eigenvalue weighted by Gasteiger charge is 2.31. The second kappa shape index (κ2) is 11.5. The first-order chi connectivity index (χ1) is 17.0. The largest absolute Gasteiger partial charge is 0.461 e. The summed E-state index contributed by atoms with van der Waals surface area (Å²) in [5, 5.41) is 12.9. The van der Waals surface area contributed by atoms with Crippen LogP contribution in [0.1, 0.15) is 24.0 Å². The fourth-order valence-corrected chi connectivity index (χ4v) is 3.10. The maximum atomic E-state index is 12.8. The van der Waals surface area contributed by atoms with E-state index in [4.69, 9.17) is 21.1 Å². The van der Waals surface area contributed by atoms with Crippen LogP contribution in [-0.4, -0.2) is 16.8 Å². The van der Waals surface area contributed by atoms with E-state index in [1.165, 1.54) is 24.3 Å². The molecule has 12 heteroatoms. The Bertz CT molecular complexity index is 1270. The van der Waals surface area contributed by atoms with Crippen LogP contribution in [0.3, 0.4) is 0 Å². The summed E-state index contributed by atoms with van der Waals surface area (Å²) in [7, 11) is 0. The Morgan fingerprint density at radius 1 is 0.972 bits per heavy atom. The third kappa shape index (κ3) is 7.70. The third-order valence-corrected chi connectivity index (χ3v) is 5.04. The lowest BCUT2D eigenvalue weighted by Gasteiger charge is -2.12. The summed E-state index contributed by atoms with van der Waals surface area (Å²) in [6.45, 7) is -0.114. The van der Waals surface area contributed by atoms with Gasteiger partial charge in [-0.1, -0.05) is 23.7 Å². The number of amides is 1. The van der Waals surface area contributed by atoms with E-state index in [9.17, 15) is 32.9 Å². The molecule has 0 fully saturated rings. The van der Waals surface area contributed by atoms with Crippen molar-refractivity contribution < 1.29 is 37.2 Å². The van der Waals surface area contributed by atoms with E-state index in [1.807, 2.05) is 0 Å². The number of ether oxygens (including phenoxy) is 2. The summed E-state index contributed by atoms with van der Waals surface area (Å²) in [5.41, 5.74) is -0.673. The van der Waals surface area contributed by atoms with Gasteiger partial charge in [0.25, 0.3) is 5.69 Å². The minimum atomic E-state index is -4.60. The number of non-ortho nitro benzene ring substituents is 1. The number of halogens is 4. The molecule has 0 spiro atoms. The first kappa shape index (κ1) is 26.5. The monoisotopic (exact) mass is 522 g/mol. The van der Waals surface area contributed by atoms with E-state index in [2.05, 4.69) is 5.32 Å². The second-order valence-electron chi connectivity index (χ2n) is 7.40. The molecular weight excluding hydrogens is 505 g/mol. The quantitative estimate of drug-likeness (QED) is 0.195. The normalized spacial score (nSPS) is 11.0. The van der Waals surface area contributed by atoms with E-state index in [-0.39, 0.29) is 35.8 Å². The number of hydrogen-bond acceptors (Lipinski definition) is 6. The van der Waals surface area contributed by atoms with Gasteiger partial charge in [-0.25, -0.2) is 0 Å². The standard InChI is InChI=1S/C24H18ClF3N2O6/c25-20-9-4-16(24(26,27)28)13-21(20)29-22(31)10-11-23(32)35-14-15-2-1-3-19(12-15)36-18-7-5-17(6-8-18)30(33)34/h1-9,12-13H,10-11,14H2,(H,29,31). The number of esters is 1. The van der Waals surface area contributed by atoms with Crippen molar-refractivity contribution in [2.45, 2.75) is 25.6 Å². The predicted molar refractivity (Wildman–Crippen MR) is 124 cm³/mol. The van der Waals surface area contributed by atoms with Crippen LogP contribution in [0.4, 0.5) is 24.5 Å². The summed E-state index contributed by atoms with van der Waals surface area (Å²) in [6, 6.07) is 14.6. The lowest BCUT2D eigenvalue weighted by molar-refractivity contribution is -0.384. The SMILES string of the molecule is O=C(CCC(=O)OCc1cccc(Oc2ccc([N+](=O)[O-])cc2)c1)Nc1cc(C(F)(F)F)ccc1Cl. The Morgan fingerprint density at radius 2 is 1.69 bits per heavy atom. The number of carbonyl (C=O) groups excluding carboxylic acids is 2. The molecule has 3 rings (SSSR count). The molecule has 0 bridgehead atoms. The average Bonchev–Trinajstić information content (AvgIpc) is 2.82. The van der Waals surface area contributed by atoms with Crippen molar-refractivity contribution in [3.8, 4) is 11.5 Å². The Balaban J connectivity index is 1.48. The zero-order chi connectivity index (χ0) is 26.3. The molecule has 0 saturated heterocycles. The summed E-state index contributed by atoms with van der Waals surface area (Å²) in [5.74, 6) is -0.606. The highest BCUT2D eigenvalue weighted by Crippen LogP contribution is 2.34. The van der Waals surface area contributed by atoms with Gasteiger partial charge in [-0.2, -0.15) is 13.2 Å². The van der Waals surface area contributed by atoms with Crippen LogP contribution in [0.25, 0.3) is 0 Å². The number of nitro benzene ring substituents is 1. The maximum absolute atomic E-state index is 12.8. The minimum absolute atomic E-state index is 0.0743. The first-order valence-electron chi connectivity index (χ1n) is 10.3. The molecule has 0 saturated carbocycles. The highest BCUT2D eigenvalue weighted by molar-refractivity contribution is 6.33. The van der Waals surface area contributed by atoms with Crippen molar-refractivity contribution >= 4 is 34.9 Å². The summed E-state index contributed by atoms with van der Waals surface area (Å²) >= 11 is 5.84. The molecule has 1 amide bonds. The topological polar surface area (TPSA) is 108 Å².